The molecular weight excluding hydrogens is 403 g/mol. The van der Waals surface area contributed by atoms with E-state index in [4.69, 9.17) is 4.99 Å². The van der Waals surface area contributed by atoms with Crippen molar-refractivity contribution < 1.29 is 0 Å². The summed E-state index contributed by atoms with van der Waals surface area (Å²) >= 11 is 1.90. The van der Waals surface area contributed by atoms with Crippen LogP contribution in [0.25, 0.3) is 17.2 Å². The molecule has 0 bridgehead atoms. The van der Waals surface area contributed by atoms with E-state index in [0.717, 1.165) is 20.4 Å². The first-order valence-electron chi connectivity index (χ1n) is 8.35. The summed E-state index contributed by atoms with van der Waals surface area (Å²) in [4.78, 5) is 5.98. The summed E-state index contributed by atoms with van der Waals surface area (Å²) in [6, 6.07) is 25.6. The molecule has 3 aromatic rings. The molecule has 1 atom stereocenters. The Morgan fingerprint density at radius 1 is 1.04 bits per heavy atom. The molecule has 2 nitrogen and oxygen atoms in total. The van der Waals surface area contributed by atoms with E-state index in [2.05, 4.69) is 54.6 Å². The summed E-state index contributed by atoms with van der Waals surface area (Å²) in [7, 11) is 0. The molecule has 1 aliphatic heterocycles. The molecule has 4 heteroatoms. The molecule has 26 heavy (non-hydrogen) atoms. The van der Waals surface area contributed by atoms with Crippen LogP contribution in [0.15, 0.2) is 82.7 Å². The first kappa shape index (κ1) is 17.0. The molecule has 0 saturated carbocycles. The molecule has 0 amide bonds. The standard InChI is InChI=1S/C22H16N2SSe/c23-14-19(13-20-7-4-12-25-20)22-24-21(15-26-22)18-10-8-17(9-11-18)16-5-2-1-3-6-16/h1-13,21H,15H2/b19-13-. The third-order valence-corrected chi connectivity index (χ3v) is 7.32. The van der Waals surface area contributed by atoms with E-state index in [0.29, 0.717) is 0 Å². The van der Waals surface area contributed by atoms with E-state index in [1.54, 1.807) is 11.3 Å². The summed E-state index contributed by atoms with van der Waals surface area (Å²) in [5, 5.41) is 12.6. The number of hydrogen-bond acceptors (Lipinski definition) is 3. The van der Waals surface area contributed by atoms with E-state index in [9.17, 15) is 5.26 Å². The van der Waals surface area contributed by atoms with Crippen molar-refractivity contribution in [1.82, 2.24) is 0 Å². The Morgan fingerprint density at radius 2 is 1.81 bits per heavy atom. The summed E-state index contributed by atoms with van der Waals surface area (Å²) in [5.74, 6) is 0. The molecule has 1 unspecified atom stereocenters. The van der Waals surface area contributed by atoms with Crippen molar-refractivity contribution in [3.63, 3.8) is 0 Å². The first-order chi connectivity index (χ1) is 12.8. The predicted octanol–water partition coefficient (Wildman–Crippen LogP) is 5.60. The topological polar surface area (TPSA) is 36.1 Å². The zero-order valence-corrected chi connectivity index (χ0v) is 16.5. The number of rotatable bonds is 4. The Morgan fingerprint density at radius 3 is 2.50 bits per heavy atom. The SMILES string of the molecule is N#C/C(=C/c1cccs1)C1=NC(c2ccc(-c3ccccc3)cc2)C[Se]1. The molecule has 0 spiro atoms. The van der Waals surface area contributed by atoms with E-state index in [-0.39, 0.29) is 21.0 Å². The Kier molecular flexibility index (Phi) is 5.13. The fraction of sp³-hybridized carbons (Fsp3) is 0.0909. The van der Waals surface area contributed by atoms with E-state index < -0.39 is 0 Å². The maximum atomic E-state index is 9.52. The van der Waals surface area contributed by atoms with Gasteiger partial charge in [-0.3, -0.25) is 0 Å². The van der Waals surface area contributed by atoms with Gasteiger partial charge < -0.3 is 0 Å². The van der Waals surface area contributed by atoms with Crippen molar-refractivity contribution >= 4 is 37.0 Å². The van der Waals surface area contributed by atoms with Crippen LogP contribution < -0.4 is 0 Å². The van der Waals surface area contributed by atoms with Crippen molar-refractivity contribution in [2.75, 3.05) is 0 Å². The molecule has 0 radical (unpaired) electrons. The number of aliphatic imine (C=N–C) groups is 1. The van der Waals surface area contributed by atoms with Crippen molar-refractivity contribution in [3.8, 4) is 17.2 Å². The second kappa shape index (κ2) is 7.85. The molecule has 4 rings (SSSR count). The van der Waals surface area contributed by atoms with Crippen LogP contribution in [0, 0.1) is 11.3 Å². The van der Waals surface area contributed by atoms with E-state index >= 15 is 0 Å². The number of thiophene rings is 1. The minimum absolute atomic E-state index is 0.176. The van der Waals surface area contributed by atoms with Crippen molar-refractivity contribution in [1.29, 1.82) is 5.26 Å². The molecule has 0 aliphatic carbocycles. The molecule has 2 aromatic carbocycles. The second-order valence-electron chi connectivity index (χ2n) is 5.93. The Balaban J connectivity index is 1.55. The van der Waals surface area contributed by atoms with Gasteiger partial charge in [0.15, 0.2) is 0 Å². The molecule has 2 heterocycles. The average Bonchev–Trinajstić information content (AvgIpc) is 3.39. The maximum absolute atomic E-state index is 9.52. The quantitative estimate of drug-likeness (QED) is 0.401. The van der Waals surface area contributed by atoms with Gasteiger partial charge in [0, 0.05) is 0 Å². The molecule has 126 valence electrons. The molecule has 0 saturated heterocycles. The zero-order valence-electron chi connectivity index (χ0n) is 14.0. The van der Waals surface area contributed by atoms with Gasteiger partial charge >= 0.3 is 164 Å². The van der Waals surface area contributed by atoms with Gasteiger partial charge in [-0.1, -0.05) is 0 Å². The van der Waals surface area contributed by atoms with Crippen LogP contribution in [0.3, 0.4) is 0 Å². The van der Waals surface area contributed by atoms with Crippen LogP contribution in [0.4, 0.5) is 0 Å². The number of hydrogen-bond donors (Lipinski definition) is 0. The van der Waals surface area contributed by atoms with Crippen LogP contribution in [-0.2, 0) is 0 Å². The summed E-state index contributed by atoms with van der Waals surface area (Å²) in [6.07, 6.45) is 1.96. The number of allylic oxidation sites excluding steroid dienone is 1. The fourth-order valence-corrected chi connectivity index (χ4v) is 5.73. The van der Waals surface area contributed by atoms with E-state index in [1.165, 1.54) is 16.7 Å². The molecular formula is C22H16N2SSe. The predicted molar refractivity (Wildman–Crippen MR) is 111 cm³/mol. The molecule has 0 N–H and O–H groups in total. The van der Waals surface area contributed by atoms with Gasteiger partial charge in [-0.25, -0.2) is 0 Å². The third-order valence-electron chi connectivity index (χ3n) is 4.23. The number of nitriles is 1. The number of benzene rings is 2. The van der Waals surface area contributed by atoms with Gasteiger partial charge in [-0.2, -0.15) is 0 Å². The first-order valence-corrected chi connectivity index (χ1v) is 11.3. The van der Waals surface area contributed by atoms with Gasteiger partial charge in [-0.15, -0.1) is 0 Å². The number of nitrogens with zero attached hydrogens (tertiary/aromatic N) is 2. The Bertz CT molecular complexity index is 981. The van der Waals surface area contributed by atoms with Crippen molar-refractivity contribution in [2.24, 2.45) is 4.99 Å². The molecule has 0 fully saturated rings. The van der Waals surface area contributed by atoms with Gasteiger partial charge in [0.1, 0.15) is 0 Å². The molecule has 1 aromatic heterocycles. The van der Waals surface area contributed by atoms with Crippen LogP contribution in [0.1, 0.15) is 16.5 Å². The molecule has 1 aliphatic rings. The summed E-state index contributed by atoms with van der Waals surface area (Å²) in [6.45, 7) is 0. The monoisotopic (exact) mass is 420 g/mol. The Labute approximate surface area is 163 Å². The van der Waals surface area contributed by atoms with Crippen LogP contribution in [0.5, 0.6) is 0 Å². The van der Waals surface area contributed by atoms with Gasteiger partial charge in [0.2, 0.25) is 0 Å². The Hall–Kier alpha value is -2.44. The van der Waals surface area contributed by atoms with Crippen molar-refractivity contribution in [2.45, 2.75) is 11.4 Å². The average molecular weight is 419 g/mol. The second-order valence-corrected chi connectivity index (χ2v) is 9.03. The normalized spacial score (nSPS) is 17.0. The summed E-state index contributed by atoms with van der Waals surface area (Å²) < 4.78 is 0.991. The zero-order chi connectivity index (χ0) is 17.8. The van der Waals surface area contributed by atoms with Gasteiger partial charge in [0.25, 0.3) is 0 Å². The van der Waals surface area contributed by atoms with Crippen LogP contribution >= 0.6 is 11.3 Å². The van der Waals surface area contributed by atoms with E-state index in [1.807, 2.05) is 29.7 Å². The third kappa shape index (κ3) is 3.71. The van der Waals surface area contributed by atoms with Crippen LogP contribution in [0.2, 0.25) is 5.32 Å². The summed E-state index contributed by atoms with van der Waals surface area (Å²) in [5.41, 5.74) is 4.40. The van der Waals surface area contributed by atoms with Crippen molar-refractivity contribution in [3.05, 3.63) is 88.1 Å². The minimum atomic E-state index is 0.176. The van der Waals surface area contributed by atoms with Crippen LogP contribution in [-0.4, -0.2) is 19.6 Å². The van der Waals surface area contributed by atoms with Gasteiger partial charge in [-0.05, 0) is 0 Å². The van der Waals surface area contributed by atoms with Gasteiger partial charge in [0.05, 0.1) is 0 Å². The fourth-order valence-electron chi connectivity index (χ4n) is 2.88.